The van der Waals surface area contributed by atoms with Gasteiger partial charge in [-0.05, 0) is 10.8 Å². The van der Waals surface area contributed by atoms with Crippen LogP contribution in [0.3, 0.4) is 0 Å². The minimum atomic E-state index is -1.28. The SMILES string of the molecule is FC1(C#CBr)CN(C2COC2)C1. The van der Waals surface area contributed by atoms with Gasteiger partial charge in [-0.25, -0.2) is 4.39 Å². The van der Waals surface area contributed by atoms with E-state index in [-0.39, 0.29) is 0 Å². The zero-order chi connectivity index (χ0) is 8.60. The lowest BCUT2D eigenvalue weighted by Gasteiger charge is -2.48. The molecular weight excluding hydrogens is 225 g/mol. The average Bonchev–Trinajstić information content (AvgIpc) is 1.80. The van der Waals surface area contributed by atoms with Crippen LogP contribution in [0.4, 0.5) is 4.39 Å². The van der Waals surface area contributed by atoms with Gasteiger partial charge in [-0.1, -0.05) is 0 Å². The third-order valence-corrected chi connectivity index (χ3v) is 2.51. The van der Waals surface area contributed by atoms with E-state index in [0.29, 0.717) is 19.1 Å². The van der Waals surface area contributed by atoms with Crippen LogP contribution in [0, 0.1) is 10.8 Å². The van der Waals surface area contributed by atoms with Crippen molar-refractivity contribution in [3.8, 4) is 10.8 Å². The third kappa shape index (κ3) is 1.37. The fourth-order valence-electron chi connectivity index (χ4n) is 1.45. The van der Waals surface area contributed by atoms with E-state index in [1.165, 1.54) is 0 Å². The van der Waals surface area contributed by atoms with E-state index in [4.69, 9.17) is 4.74 Å². The highest BCUT2D eigenvalue weighted by Gasteiger charge is 2.46. The van der Waals surface area contributed by atoms with Crippen molar-refractivity contribution in [3.63, 3.8) is 0 Å². The summed E-state index contributed by atoms with van der Waals surface area (Å²) in [6.45, 7) is 2.36. The summed E-state index contributed by atoms with van der Waals surface area (Å²) in [6, 6.07) is 0.436. The Morgan fingerprint density at radius 2 is 2.17 bits per heavy atom. The molecule has 4 heteroatoms. The standard InChI is InChI=1S/C8H9BrFNO/c9-2-1-8(10)5-11(6-8)7-3-12-4-7/h7H,3-6H2. The van der Waals surface area contributed by atoms with Crippen molar-refractivity contribution in [2.24, 2.45) is 0 Å². The van der Waals surface area contributed by atoms with Crippen LogP contribution >= 0.6 is 15.9 Å². The zero-order valence-electron chi connectivity index (χ0n) is 6.52. The molecule has 2 heterocycles. The summed E-state index contributed by atoms with van der Waals surface area (Å²) in [5.41, 5.74) is -1.28. The van der Waals surface area contributed by atoms with Crippen LogP contribution in [0.5, 0.6) is 0 Å². The summed E-state index contributed by atoms with van der Waals surface area (Å²) < 4.78 is 18.4. The van der Waals surface area contributed by atoms with Gasteiger partial charge in [0, 0.05) is 29.0 Å². The molecular formula is C8H9BrFNO. The topological polar surface area (TPSA) is 12.5 Å². The number of likely N-dealkylation sites (tertiary alicyclic amines) is 1. The highest BCUT2D eigenvalue weighted by Crippen LogP contribution is 2.28. The number of hydrogen-bond acceptors (Lipinski definition) is 2. The van der Waals surface area contributed by atoms with Crippen LogP contribution in [-0.4, -0.2) is 42.9 Å². The molecule has 0 amide bonds. The molecule has 2 nitrogen and oxygen atoms in total. The monoisotopic (exact) mass is 233 g/mol. The first-order chi connectivity index (χ1) is 5.73. The summed E-state index contributed by atoms with van der Waals surface area (Å²) in [6.07, 6.45) is 0. The highest BCUT2D eigenvalue weighted by molar-refractivity contribution is 9.12. The predicted molar refractivity (Wildman–Crippen MR) is 46.7 cm³/mol. The fourth-order valence-corrected chi connectivity index (χ4v) is 1.81. The Hall–Kier alpha value is -0.110. The molecule has 0 aliphatic carbocycles. The van der Waals surface area contributed by atoms with Gasteiger partial charge in [0.15, 0.2) is 5.67 Å². The van der Waals surface area contributed by atoms with E-state index >= 15 is 0 Å². The van der Waals surface area contributed by atoms with Gasteiger partial charge in [0.2, 0.25) is 0 Å². The summed E-state index contributed by atoms with van der Waals surface area (Å²) in [4.78, 5) is 4.51. The molecule has 0 unspecified atom stereocenters. The van der Waals surface area contributed by atoms with Gasteiger partial charge in [-0.3, -0.25) is 4.90 Å². The number of halogens is 2. The number of nitrogens with zero attached hydrogens (tertiary/aromatic N) is 1. The maximum Gasteiger partial charge on any atom is 0.196 e. The van der Waals surface area contributed by atoms with Gasteiger partial charge in [0.05, 0.1) is 19.3 Å². The Morgan fingerprint density at radius 3 is 2.58 bits per heavy atom. The molecule has 2 rings (SSSR count). The molecule has 0 radical (unpaired) electrons. The molecule has 0 aromatic rings. The normalized spacial score (nSPS) is 28.2. The Kier molecular flexibility index (Phi) is 2.11. The molecule has 0 N–H and O–H groups in total. The highest BCUT2D eigenvalue weighted by atomic mass is 79.9. The van der Waals surface area contributed by atoms with Crippen molar-refractivity contribution >= 4 is 15.9 Å². The van der Waals surface area contributed by atoms with E-state index in [2.05, 4.69) is 31.6 Å². The molecule has 2 saturated heterocycles. The molecule has 0 bridgehead atoms. The van der Waals surface area contributed by atoms with E-state index in [1.54, 1.807) is 0 Å². The molecule has 0 aromatic heterocycles. The first kappa shape index (κ1) is 8.49. The molecule has 2 fully saturated rings. The van der Waals surface area contributed by atoms with Crippen LogP contribution in [0.15, 0.2) is 0 Å². The lowest BCUT2D eigenvalue weighted by Crippen LogP contribution is -2.65. The van der Waals surface area contributed by atoms with Crippen LogP contribution in [-0.2, 0) is 4.74 Å². The summed E-state index contributed by atoms with van der Waals surface area (Å²) in [7, 11) is 0. The smallest absolute Gasteiger partial charge is 0.196 e. The van der Waals surface area contributed by atoms with Gasteiger partial charge in [-0.2, -0.15) is 0 Å². The second-order valence-electron chi connectivity index (χ2n) is 3.28. The van der Waals surface area contributed by atoms with Crippen LogP contribution in [0.2, 0.25) is 0 Å². The van der Waals surface area contributed by atoms with Gasteiger partial charge in [0.1, 0.15) is 0 Å². The Morgan fingerprint density at radius 1 is 1.50 bits per heavy atom. The number of hydrogen-bond donors (Lipinski definition) is 0. The first-order valence-corrected chi connectivity index (χ1v) is 4.66. The average molecular weight is 234 g/mol. The minimum absolute atomic E-state index is 0.430. The van der Waals surface area contributed by atoms with E-state index in [0.717, 1.165) is 13.2 Å². The number of ether oxygens (including phenoxy) is 1. The van der Waals surface area contributed by atoms with Crippen LogP contribution in [0.1, 0.15) is 0 Å². The van der Waals surface area contributed by atoms with Gasteiger partial charge >= 0.3 is 0 Å². The maximum absolute atomic E-state index is 13.4. The van der Waals surface area contributed by atoms with Crippen molar-refractivity contribution in [2.45, 2.75) is 11.7 Å². The molecule has 2 aliphatic heterocycles. The van der Waals surface area contributed by atoms with Gasteiger partial charge in [-0.15, -0.1) is 0 Å². The lowest BCUT2D eigenvalue weighted by atomic mass is 9.94. The van der Waals surface area contributed by atoms with Crippen LogP contribution < -0.4 is 0 Å². The second kappa shape index (κ2) is 2.99. The third-order valence-electron chi connectivity index (χ3n) is 2.32. The van der Waals surface area contributed by atoms with Crippen molar-refractivity contribution in [3.05, 3.63) is 0 Å². The molecule has 0 saturated carbocycles. The predicted octanol–water partition coefficient (Wildman–Crippen LogP) is 0.765. The van der Waals surface area contributed by atoms with Crippen molar-refractivity contribution in [1.29, 1.82) is 0 Å². The fraction of sp³-hybridized carbons (Fsp3) is 0.750. The molecule has 12 heavy (non-hydrogen) atoms. The minimum Gasteiger partial charge on any atom is -0.378 e. The van der Waals surface area contributed by atoms with Crippen molar-refractivity contribution in [1.82, 2.24) is 4.90 Å². The largest absolute Gasteiger partial charge is 0.378 e. The summed E-state index contributed by atoms with van der Waals surface area (Å²) >= 11 is 2.90. The molecule has 0 atom stereocenters. The Bertz CT molecular complexity index is 237. The van der Waals surface area contributed by atoms with Crippen molar-refractivity contribution < 1.29 is 9.13 Å². The number of rotatable bonds is 1. The Balaban J connectivity index is 1.84. The zero-order valence-corrected chi connectivity index (χ0v) is 8.10. The van der Waals surface area contributed by atoms with Crippen LogP contribution in [0.25, 0.3) is 0 Å². The van der Waals surface area contributed by atoms with Gasteiger partial charge < -0.3 is 4.74 Å². The first-order valence-electron chi connectivity index (χ1n) is 3.87. The van der Waals surface area contributed by atoms with Crippen molar-refractivity contribution in [2.75, 3.05) is 26.3 Å². The second-order valence-corrected chi connectivity index (χ2v) is 3.68. The summed E-state index contributed by atoms with van der Waals surface area (Å²) in [5.74, 6) is 2.51. The Labute approximate surface area is 79.2 Å². The molecule has 0 spiro atoms. The summed E-state index contributed by atoms with van der Waals surface area (Å²) in [5, 5.41) is 0. The molecule has 0 aromatic carbocycles. The molecule has 2 aliphatic rings. The lowest BCUT2D eigenvalue weighted by molar-refractivity contribution is -0.122. The maximum atomic E-state index is 13.4. The van der Waals surface area contributed by atoms with E-state index < -0.39 is 5.67 Å². The van der Waals surface area contributed by atoms with E-state index in [9.17, 15) is 4.39 Å². The molecule has 66 valence electrons. The van der Waals surface area contributed by atoms with E-state index in [1.807, 2.05) is 0 Å². The quantitative estimate of drug-likeness (QED) is 0.621. The number of alkyl halides is 1. The van der Waals surface area contributed by atoms with Gasteiger partial charge in [0.25, 0.3) is 0 Å².